The highest BCUT2D eigenvalue weighted by Gasteiger charge is 2.17. The SMILES string of the molecule is CC1=CCCC=C1NC1CCN(C)CC1. The molecule has 0 unspecified atom stereocenters. The van der Waals surface area contributed by atoms with Crippen LogP contribution in [0.5, 0.6) is 0 Å². The summed E-state index contributed by atoms with van der Waals surface area (Å²) >= 11 is 0. The topological polar surface area (TPSA) is 15.3 Å². The summed E-state index contributed by atoms with van der Waals surface area (Å²) in [5.41, 5.74) is 2.82. The summed E-state index contributed by atoms with van der Waals surface area (Å²) in [7, 11) is 2.21. The molecule has 1 fully saturated rings. The standard InChI is InChI=1S/C13H22N2/c1-11-5-3-4-6-13(11)14-12-7-9-15(2)10-8-12/h5-6,12,14H,3-4,7-10H2,1-2H3. The molecule has 15 heavy (non-hydrogen) atoms. The van der Waals surface area contributed by atoms with Gasteiger partial charge < -0.3 is 10.2 Å². The van der Waals surface area contributed by atoms with Gasteiger partial charge in [-0.05, 0) is 58.3 Å². The fourth-order valence-corrected chi connectivity index (χ4v) is 2.34. The highest BCUT2D eigenvalue weighted by atomic mass is 15.1. The minimum Gasteiger partial charge on any atom is -0.382 e. The Kier molecular flexibility index (Phi) is 3.47. The van der Waals surface area contributed by atoms with Crippen molar-refractivity contribution in [3.05, 3.63) is 23.4 Å². The van der Waals surface area contributed by atoms with Crippen molar-refractivity contribution in [1.82, 2.24) is 10.2 Å². The molecule has 0 saturated carbocycles. The Hall–Kier alpha value is -0.760. The molecule has 0 aromatic carbocycles. The number of nitrogens with zero attached hydrogens (tertiary/aromatic N) is 1. The highest BCUT2D eigenvalue weighted by molar-refractivity contribution is 5.30. The van der Waals surface area contributed by atoms with Crippen molar-refractivity contribution in [2.24, 2.45) is 0 Å². The van der Waals surface area contributed by atoms with Crippen LogP contribution in [0.1, 0.15) is 32.6 Å². The van der Waals surface area contributed by atoms with Crippen molar-refractivity contribution in [3.63, 3.8) is 0 Å². The van der Waals surface area contributed by atoms with Crippen LogP contribution in [0.4, 0.5) is 0 Å². The van der Waals surface area contributed by atoms with Crippen LogP contribution in [-0.2, 0) is 0 Å². The first-order chi connectivity index (χ1) is 7.25. The molecule has 1 aliphatic heterocycles. The molecule has 2 aliphatic rings. The summed E-state index contributed by atoms with van der Waals surface area (Å²) in [6.45, 7) is 4.67. The van der Waals surface area contributed by atoms with Gasteiger partial charge in [0, 0.05) is 11.7 Å². The molecule has 0 aromatic rings. The summed E-state index contributed by atoms with van der Waals surface area (Å²) in [6, 6.07) is 0.689. The lowest BCUT2D eigenvalue weighted by Gasteiger charge is -2.31. The Labute approximate surface area is 93.0 Å². The molecule has 0 radical (unpaired) electrons. The molecule has 1 heterocycles. The van der Waals surface area contributed by atoms with Crippen LogP contribution < -0.4 is 5.32 Å². The van der Waals surface area contributed by atoms with E-state index in [1.165, 1.54) is 50.0 Å². The molecule has 0 aromatic heterocycles. The molecule has 84 valence electrons. The molecule has 0 amide bonds. The summed E-state index contributed by atoms with van der Waals surface area (Å²) in [5, 5.41) is 3.69. The first kappa shape index (κ1) is 10.7. The Morgan fingerprint density at radius 1 is 1.20 bits per heavy atom. The first-order valence-electron chi connectivity index (χ1n) is 6.08. The van der Waals surface area contributed by atoms with E-state index >= 15 is 0 Å². The molecule has 2 heteroatoms. The van der Waals surface area contributed by atoms with Crippen molar-refractivity contribution in [2.45, 2.75) is 38.6 Å². The van der Waals surface area contributed by atoms with E-state index in [1.807, 2.05) is 0 Å². The summed E-state index contributed by atoms with van der Waals surface area (Å²) in [4.78, 5) is 2.41. The van der Waals surface area contributed by atoms with E-state index in [0.29, 0.717) is 6.04 Å². The number of rotatable bonds is 2. The van der Waals surface area contributed by atoms with Crippen LogP contribution >= 0.6 is 0 Å². The molecule has 0 atom stereocenters. The second-order valence-electron chi connectivity index (χ2n) is 4.80. The largest absolute Gasteiger partial charge is 0.382 e. The van der Waals surface area contributed by atoms with Crippen LogP contribution in [0.2, 0.25) is 0 Å². The van der Waals surface area contributed by atoms with Gasteiger partial charge in [-0.25, -0.2) is 0 Å². The highest BCUT2D eigenvalue weighted by Crippen LogP contribution is 2.18. The lowest BCUT2D eigenvalue weighted by atomic mass is 10.0. The number of hydrogen-bond acceptors (Lipinski definition) is 2. The Balaban J connectivity index is 1.86. The van der Waals surface area contributed by atoms with E-state index < -0.39 is 0 Å². The van der Waals surface area contributed by atoms with Crippen LogP contribution in [0.25, 0.3) is 0 Å². The monoisotopic (exact) mass is 206 g/mol. The molecule has 1 saturated heterocycles. The van der Waals surface area contributed by atoms with Gasteiger partial charge in [0.15, 0.2) is 0 Å². The molecule has 1 N–H and O–H groups in total. The normalized spacial score (nSPS) is 24.7. The van der Waals surface area contributed by atoms with Crippen LogP contribution in [0.3, 0.4) is 0 Å². The van der Waals surface area contributed by atoms with Gasteiger partial charge in [0.2, 0.25) is 0 Å². The molecule has 0 bridgehead atoms. The molecule has 0 spiro atoms. The van der Waals surface area contributed by atoms with E-state index in [1.54, 1.807) is 0 Å². The predicted molar refractivity (Wildman–Crippen MR) is 64.7 cm³/mol. The number of hydrogen-bond donors (Lipinski definition) is 1. The Morgan fingerprint density at radius 3 is 2.53 bits per heavy atom. The first-order valence-corrected chi connectivity index (χ1v) is 6.08. The van der Waals surface area contributed by atoms with Crippen molar-refractivity contribution < 1.29 is 0 Å². The van der Waals surface area contributed by atoms with E-state index in [0.717, 1.165) is 0 Å². The molecule has 2 nitrogen and oxygen atoms in total. The number of likely N-dealkylation sites (tertiary alicyclic amines) is 1. The average molecular weight is 206 g/mol. The van der Waals surface area contributed by atoms with Crippen molar-refractivity contribution in [3.8, 4) is 0 Å². The Morgan fingerprint density at radius 2 is 1.87 bits per heavy atom. The smallest absolute Gasteiger partial charge is 0.0328 e. The third kappa shape index (κ3) is 2.85. The van der Waals surface area contributed by atoms with Gasteiger partial charge in [0.1, 0.15) is 0 Å². The van der Waals surface area contributed by atoms with E-state index in [-0.39, 0.29) is 0 Å². The molecular formula is C13H22N2. The Bertz CT molecular complexity index is 270. The van der Waals surface area contributed by atoms with Gasteiger partial charge in [0.25, 0.3) is 0 Å². The quantitative estimate of drug-likeness (QED) is 0.746. The number of piperidine rings is 1. The summed E-state index contributed by atoms with van der Waals surface area (Å²) in [6.07, 6.45) is 9.67. The van der Waals surface area contributed by atoms with Gasteiger partial charge in [-0.3, -0.25) is 0 Å². The minimum absolute atomic E-state index is 0.689. The molecule has 2 rings (SSSR count). The van der Waals surface area contributed by atoms with E-state index in [2.05, 4.69) is 36.3 Å². The third-order valence-electron chi connectivity index (χ3n) is 3.47. The van der Waals surface area contributed by atoms with Crippen molar-refractivity contribution >= 4 is 0 Å². The molecule has 1 aliphatic carbocycles. The predicted octanol–water partition coefficient (Wildman–Crippen LogP) is 2.29. The van der Waals surface area contributed by atoms with Crippen LogP contribution in [0.15, 0.2) is 23.4 Å². The maximum atomic E-state index is 3.69. The lowest BCUT2D eigenvalue weighted by Crippen LogP contribution is -2.40. The summed E-state index contributed by atoms with van der Waals surface area (Å²) in [5.74, 6) is 0. The summed E-state index contributed by atoms with van der Waals surface area (Å²) < 4.78 is 0. The van der Waals surface area contributed by atoms with Gasteiger partial charge in [-0.2, -0.15) is 0 Å². The van der Waals surface area contributed by atoms with Crippen molar-refractivity contribution in [2.75, 3.05) is 20.1 Å². The third-order valence-corrected chi connectivity index (χ3v) is 3.47. The second kappa shape index (κ2) is 4.84. The van der Waals surface area contributed by atoms with Gasteiger partial charge >= 0.3 is 0 Å². The second-order valence-corrected chi connectivity index (χ2v) is 4.80. The number of allylic oxidation sites excluding steroid dienone is 3. The average Bonchev–Trinajstić information content (AvgIpc) is 2.25. The van der Waals surface area contributed by atoms with Gasteiger partial charge in [0.05, 0.1) is 0 Å². The zero-order valence-electron chi connectivity index (χ0n) is 9.92. The fourth-order valence-electron chi connectivity index (χ4n) is 2.34. The maximum absolute atomic E-state index is 3.69. The molecular weight excluding hydrogens is 184 g/mol. The fraction of sp³-hybridized carbons (Fsp3) is 0.692. The zero-order chi connectivity index (χ0) is 10.7. The van der Waals surface area contributed by atoms with Crippen LogP contribution in [0, 0.1) is 0 Å². The minimum atomic E-state index is 0.689. The van der Waals surface area contributed by atoms with Crippen LogP contribution in [-0.4, -0.2) is 31.1 Å². The van der Waals surface area contributed by atoms with Gasteiger partial charge in [-0.1, -0.05) is 12.2 Å². The van der Waals surface area contributed by atoms with Crippen molar-refractivity contribution in [1.29, 1.82) is 0 Å². The number of nitrogens with one attached hydrogen (secondary N) is 1. The zero-order valence-corrected chi connectivity index (χ0v) is 9.92. The van der Waals surface area contributed by atoms with E-state index in [4.69, 9.17) is 0 Å². The van der Waals surface area contributed by atoms with Gasteiger partial charge in [-0.15, -0.1) is 0 Å². The van der Waals surface area contributed by atoms with E-state index in [9.17, 15) is 0 Å². The maximum Gasteiger partial charge on any atom is 0.0328 e. The lowest BCUT2D eigenvalue weighted by molar-refractivity contribution is 0.242.